The number of benzene rings is 3. The molecule has 3 N–H and O–H groups in total. The van der Waals surface area contributed by atoms with Crippen molar-refractivity contribution in [2.75, 3.05) is 11.1 Å². The molecule has 3 aromatic carbocycles. The summed E-state index contributed by atoms with van der Waals surface area (Å²) < 4.78 is 1.56. The van der Waals surface area contributed by atoms with Crippen LogP contribution in [0.2, 0.25) is 5.02 Å². The second kappa shape index (κ2) is 9.90. The first-order chi connectivity index (χ1) is 17.5. The molecule has 0 aliphatic carbocycles. The summed E-state index contributed by atoms with van der Waals surface area (Å²) in [6.07, 6.45) is 1.37. The van der Waals surface area contributed by atoms with Crippen LogP contribution in [0.5, 0.6) is 0 Å². The van der Waals surface area contributed by atoms with Gasteiger partial charge in [0.05, 0.1) is 27.7 Å². The lowest BCUT2D eigenvalue weighted by atomic mass is 10.1. The molecule has 5 aromatic rings. The van der Waals surface area contributed by atoms with E-state index in [-0.39, 0.29) is 11.4 Å². The molecule has 8 heteroatoms. The maximum Gasteiger partial charge on any atom is 0.267 e. The molecule has 0 aliphatic rings. The SMILES string of the molecule is CC(Nc1ncnc(N)c1C#Cc1ccccc1)c1nc2cccc(Cl)c2c(=O)n1-c1ccccc1. The number of hydrogen-bond acceptors (Lipinski definition) is 6. The maximum atomic E-state index is 13.7. The van der Waals surface area contributed by atoms with Crippen molar-refractivity contribution in [2.24, 2.45) is 0 Å². The lowest BCUT2D eigenvalue weighted by molar-refractivity contribution is 0.730. The highest BCUT2D eigenvalue weighted by molar-refractivity contribution is 6.35. The van der Waals surface area contributed by atoms with Crippen LogP contribution in [-0.2, 0) is 0 Å². The van der Waals surface area contributed by atoms with Crippen LogP contribution in [-0.4, -0.2) is 19.5 Å². The van der Waals surface area contributed by atoms with Crippen molar-refractivity contribution in [3.63, 3.8) is 0 Å². The molecule has 0 radical (unpaired) electrons. The molecule has 0 spiro atoms. The Morgan fingerprint density at radius 2 is 1.67 bits per heavy atom. The van der Waals surface area contributed by atoms with Crippen molar-refractivity contribution in [1.29, 1.82) is 0 Å². The summed E-state index contributed by atoms with van der Waals surface area (Å²) in [6.45, 7) is 1.89. The summed E-state index contributed by atoms with van der Waals surface area (Å²) in [4.78, 5) is 26.9. The van der Waals surface area contributed by atoms with Crippen LogP contribution < -0.4 is 16.6 Å². The van der Waals surface area contributed by atoms with E-state index in [4.69, 9.17) is 22.3 Å². The summed E-state index contributed by atoms with van der Waals surface area (Å²) >= 11 is 6.39. The molecule has 2 aromatic heterocycles. The summed E-state index contributed by atoms with van der Waals surface area (Å²) in [5, 5.41) is 4.04. The molecular formula is C28H21ClN6O. The number of anilines is 2. The Bertz CT molecular complexity index is 1670. The standard InChI is InChI=1S/C28H21ClN6O/c1-18(33-26-21(25(30)31-17-32-26)16-15-19-9-4-2-5-10-19)27-34-23-14-8-13-22(29)24(23)28(36)35(27)20-11-6-3-7-12-20/h2-14,17-18H,1H3,(H3,30,31,32,33). The van der Waals surface area contributed by atoms with Gasteiger partial charge in [0.25, 0.3) is 5.56 Å². The predicted molar refractivity (Wildman–Crippen MR) is 143 cm³/mol. The Labute approximate surface area is 212 Å². The largest absolute Gasteiger partial charge is 0.382 e. The highest BCUT2D eigenvalue weighted by Gasteiger charge is 2.21. The molecular weight excluding hydrogens is 472 g/mol. The van der Waals surface area contributed by atoms with Crippen molar-refractivity contribution < 1.29 is 0 Å². The second-order valence-corrected chi connectivity index (χ2v) is 8.45. The van der Waals surface area contributed by atoms with Gasteiger partial charge in [-0.2, -0.15) is 0 Å². The number of para-hydroxylation sites is 1. The average Bonchev–Trinajstić information content (AvgIpc) is 2.89. The number of nitrogens with one attached hydrogen (secondary N) is 1. The van der Waals surface area contributed by atoms with Crippen molar-refractivity contribution in [3.05, 3.63) is 118 Å². The van der Waals surface area contributed by atoms with Crippen LogP contribution in [0.1, 0.15) is 29.9 Å². The summed E-state index contributed by atoms with van der Waals surface area (Å²) in [5.74, 6) is 7.36. The number of aromatic nitrogens is 4. The predicted octanol–water partition coefficient (Wildman–Crippen LogP) is 4.98. The van der Waals surface area contributed by atoms with Gasteiger partial charge in [0.15, 0.2) is 0 Å². The van der Waals surface area contributed by atoms with Crippen LogP contribution in [0.4, 0.5) is 11.6 Å². The molecule has 0 bridgehead atoms. The molecule has 0 aliphatic heterocycles. The number of nitrogen functional groups attached to an aromatic ring is 1. The Morgan fingerprint density at radius 1 is 0.944 bits per heavy atom. The minimum Gasteiger partial charge on any atom is -0.382 e. The molecule has 176 valence electrons. The van der Waals surface area contributed by atoms with Gasteiger partial charge < -0.3 is 11.1 Å². The third-order valence-corrected chi connectivity index (χ3v) is 5.92. The number of fused-ring (bicyclic) bond motifs is 1. The first-order valence-corrected chi connectivity index (χ1v) is 11.6. The van der Waals surface area contributed by atoms with Crippen LogP contribution in [0.25, 0.3) is 16.6 Å². The zero-order valence-corrected chi connectivity index (χ0v) is 20.1. The molecule has 2 heterocycles. The molecule has 5 rings (SSSR count). The van der Waals surface area contributed by atoms with E-state index in [1.165, 1.54) is 6.33 Å². The van der Waals surface area contributed by atoms with E-state index in [0.29, 0.717) is 38.8 Å². The Balaban J connectivity index is 1.62. The van der Waals surface area contributed by atoms with E-state index in [9.17, 15) is 4.79 Å². The maximum absolute atomic E-state index is 13.7. The fraction of sp³-hybridized carbons (Fsp3) is 0.0714. The molecule has 1 atom stereocenters. The van der Waals surface area contributed by atoms with Gasteiger partial charge in [-0.1, -0.05) is 65.9 Å². The van der Waals surface area contributed by atoms with Crippen molar-refractivity contribution >= 4 is 34.1 Å². The number of nitrogens with zero attached hydrogens (tertiary/aromatic N) is 4. The van der Waals surface area contributed by atoms with Gasteiger partial charge in [-0.05, 0) is 43.3 Å². The third-order valence-electron chi connectivity index (χ3n) is 5.61. The van der Waals surface area contributed by atoms with Crippen LogP contribution in [0, 0.1) is 11.8 Å². The fourth-order valence-electron chi connectivity index (χ4n) is 3.88. The average molecular weight is 493 g/mol. The van der Waals surface area contributed by atoms with Crippen LogP contribution in [0.3, 0.4) is 0 Å². The number of rotatable bonds is 4. The highest BCUT2D eigenvalue weighted by atomic mass is 35.5. The number of nitrogens with two attached hydrogens (primary N) is 1. The van der Waals surface area contributed by atoms with E-state index in [2.05, 4.69) is 27.1 Å². The molecule has 0 fully saturated rings. The van der Waals surface area contributed by atoms with Gasteiger partial charge in [0.1, 0.15) is 29.4 Å². The molecule has 0 amide bonds. The lowest BCUT2D eigenvalue weighted by Crippen LogP contribution is -2.27. The topological polar surface area (TPSA) is 98.7 Å². The molecule has 36 heavy (non-hydrogen) atoms. The Morgan fingerprint density at radius 3 is 2.42 bits per heavy atom. The second-order valence-electron chi connectivity index (χ2n) is 8.04. The van der Waals surface area contributed by atoms with Gasteiger partial charge in [-0.3, -0.25) is 9.36 Å². The van der Waals surface area contributed by atoms with Gasteiger partial charge in [-0.25, -0.2) is 15.0 Å². The highest BCUT2D eigenvalue weighted by Crippen LogP contribution is 2.26. The molecule has 0 saturated carbocycles. The van der Waals surface area contributed by atoms with E-state index in [0.717, 1.165) is 5.56 Å². The summed E-state index contributed by atoms with van der Waals surface area (Å²) in [6, 6.07) is 23.7. The Kier molecular flexibility index (Phi) is 6.35. The first-order valence-electron chi connectivity index (χ1n) is 11.2. The van der Waals surface area contributed by atoms with E-state index < -0.39 is 6.04 Å². The smallest absolute Gasteiger partial charge is 0.267 e. The summed E-state index contributed by atoms with van der Waals surface area (Å²) in [7, 11) is 0. The monoisotopic (exact) mass is 492 g/mol. The number of halogens is 1. The van der Waals surface area contributed by atoms with E-state index >= 15 is 0 Å². The zero-order valence-electron chi connectivity index (χ0n) is 19.3. The third kappa shape index (κ3) is 4.50. The Hall–Kier alpha value is -4.67. The van der Waals surface area contributed by atoms with Gasteiger partial charge in [-0.15, -0.1) is 0 Å². The van der Waals surface area contributed by atoms with Gasteiger partial charge >= 0.3 is 0 Å². The van der Waals surface area contributed by atoms with Crippen molar-refractivity contribution in [1.82, 2.24) is 19.5 Å². The fourth-order valence-corrected chi connectivity index (χ4v) is 4.13. The first kappa shape index (κ1) is 23.1. The van der Waals surface area contributed by atoms with Crippen molar-refractivity contribution in [2.45, 2.75) is 13.0 Å². The normalized spacial score (nSPS) is 11.5. The quantitative estimate of drug-likeness (QED) is 0.343. The molecule has 1 unspecified atom stereocenters. The number of hydrogen-bond donors (Lipinski definition) is 2. The lowest BCUT2D eigenvalue weighted by Gasteiger charge is -2.21. The van der Waals surface area contributed by atoms with E-state index in [1.807, 2.05) is 67.6 Å². The summed E-state index contributed by atoms with van der Waals surface area (Å²) in [5.41, 5.74) is 8.38. The minimum absolute atomic E-state index is 0.252. The van der Waals surface area contributed by atoms with Crippen LogP contribution in [0.15, 0.2) is 90.0 Å². The molecule has 0 saturated heterocycles. The van der Waals surface area contributed by atoms with Gasteiger partial charge in [0, 0.05) is 5.56 Å². The minimum atomic E-state index is -0.451. The van der Waals surface area contributed by atoms with Gasteiger partial charge in [0.2, 0.25) is 0 Å². The van der Waals surface area contributed by atoms with E-state index in [1.54, 1.807) is 22.8 Å². The molecule has 7 nitrogen and oxygen atoms in total. The van der Waals surface area contributed by atoms with Crippen molar-refractivity contribution in [3.8, 4) is 17.5 Å². The zero-order chi connectivity index (χ0) is 25.1. The van der Waals surface area contributed by atoms with Crippen LogP contribution >= 0.6 is 11.6 Å².